The predicted octanol–water partition coefficient (Wildman–Crippen LogP) is 3.63. The molecule has 2 N–H and O–H groups in total. The van der Waals surface area contributed by atoms with E-state index < -0.39 is 0 Å². The first-order chi connectivity index (χ1) is 15.9. The van der Waals surface area contributed by atoms with Crippen molar-refractivity contribution in [3.63, 3.8) is 0 Å². The van der Waals surface area contributed by atoms with Gasteiger partial charge >= 0.3 is 0 Å². The number of aromatic nitrogens is 3. The Bertz CT molecular complexity index is 1210. The number of piperidine rings is 2. The van der Waals surface area contributed by atoms with Gasteiger partial charge in [0.1, 0.15) is 5.75 Å². The quantitative estimate of drug-likeness (QED) is 0.638. The highest BCUT2D eigenvalue weighted by atomic mass is 16.3. The average molecular weight is 446 g/mol. The summed E-state index contributed by atoms with van der Waals surface area (Å²) in [6.07, 6.45) is 6.13. The number of pyridine rings is 1. The predicted molar refractivity (Wildman–Crippen MR) is 131 cm³/mol. The number of aromatic hydroxyl groups is 1. The Morgan fingerprint density at radius 2 is 1.79 bits per heavy atom. The summed E-state index contributed by atoms with van der Waals surface area (Å²) in [7, 11) is 3.85. The van der Waals surface area contributed by atoms with Gasteiger partial charge in [-0.2, -0.15) is 0 Å². The van der Waals surface area contributed by atoms with Crippen LogP contribution in [0.1, 0.15) is 37.8 Å². The number of aryl methyl sites for hydroxylation is 1. The highest BCUT2D eigenvalue weighted by Crippen LogP contribution is 2.33. The fourth-order valence-corrected chi connectivity index (χ4v) is 5.26. The largest absolute Gasteiger partial charge is 0.507 e. The molecule has 4 heterocycles. The molecule has 0 aliphatic carbocycles. The second-order valence-electron chi connectivity index (χ2n) is 9.52. The lowest BCUT2D eigenvalue weighted by molar-refractivity contribution is 0.219. The van der Waals surface area contributed by atoms with Gasteiger partial charge < -0.3 is 19.9 Å². The van der Waals surface area contributed by atoms with Crippen molar-refractivity contribution in [2.75, 3.05) is 11.9 Å². The van der Waals surface area contributed by atoms with Gasteiger partial charge in [0.15, 0.2) is 5.82 Å². The van der Waals surface area contributed by atoms with Crippen LogP contribution in [0.25, 0.3) is 22.4 Å². The van der Waals surface area contributed by atoms with Crippen LogP contribution in [-0.2, 0) is 7.05 Å². The van der Waals surface area contributed by atoms with E-state index in [1.165, 1.54) is 19.3 Å². The fraction of sp³-hybridized carbons (Fsp3) is 0.423. The van der Waals surface area contributed by atoms with Gasteiger partial charge in [0.2, 0.25) is 0 Å². The lowest BCUT2D eigenvalue weighted by atomic mass is 9.83. The number of fused-ring (bicyclic) bond motifs is 2. The summed E-state index contributed by atoms with van der Waals surface area (Å²) < 4.78 is 1.60. The molecular formula is C26H31N5O2. The van der Waals surface area contributed by atoms with Crippen LogP contribution in [0.15, 0.2) is 47.3 Å². The van der Waals surface area contributed by atoms with Crippen LogP contribution in [0.2, 0.25) is 0 Å². The van der Waals surface area contributed by atoms with Crippen molar-refractivity contribution in [3.05, 3.63) is 58.5 Å². The Morgan fingerprint density at radius 1 is 1.03 bits per heavy atom. The standard InChI is InChI=1S/C26H31N5O2/c1-16-11-18(13-26(33)30(16)2)17-7-8-22(24(32)12-17)23-9-10-25(29-28-23)31(3)21-14-19-5-4-6-20(15-21)27-19/h7-13,19-21,27,32H,4-6,14-15H2,1-3H3/t19-,20+,21?. The summed E-state index contributed by atoms with van der Waals surface area (Å²) in [5.74, 6) is 0.975. The average Bonchev–Trinajstić information content (AvgIpc) is 2.81. The molecule has 2 aliphatic heterocycles. The summed E-state index contributed by atoms with van der Waals surface area (Å²) in [4.78, 5) is 14.4. The smallest absolute Gasteiger partial charge is 0.251 e. The van der Waals surface area contributed by atoms with Crippen molar-refractivity contribution in [2.24, 2.45) is 7.05 Å². The molecule has 1 aromatic carbocycles. The van der Waals surface area contributed by atoms with Crippen molar-refractivity contribution < 1.29 is 5.11 Å². The van der Waals surface area contributed by atoms with E-state index in [0.717, 1.165) is 35.5 Å². The van der Waals surface area contributed by atoms with Gasteiger partial charge in [-0.05, 0) is 74.1 Å². The molecule has 3 aromatic rings. The van der Waals surface area contributed by atoms with E-state index in [1.807, 2.05) is 37.3 Å². The summed E-state index contributed by atoms with van der Waals surface area (Å²) >= 11 is 0. The number of rotatable bonds is 4. The van der Waals surface area contributed by atoms with E-state index >= 15 is 0 Å². The van der Waals surface area contributed by atoms with Crippen molar-refractivity contribution >= 4 is 5.82 Å². The maximum Gasteiger partial charge on any atom is 0.251 e. The molecule has 1 unspecified atom stereocenters. The van der Waals surface area contributed by atoms with E-state index in [0.29, 0.717) is 29.4 Å². The van der Waals surface area contributed by atoms with Crippen molar-refractivity contribution in [2.45, 2.75) is 57.2 Å². The molecule has 2 bridgehead atoms. The third-order valence-electron chi connectivity index (χ3n) is 7.36. The highest BCUT2D eigenvalue weighted by Gasteiger charge is 2.33. The van der Waals surface area contributed by atoms with E-state index in [4.69, 9.17) is 0 Å². The molecule has 3 atom stereocenters. The molecule has 0 radical (unpaired) electrons. The maximum atomic E-state index is 12.1. The molecule has 0 spiro atoms. The molecule has 2 aromatic heterocycles. The van der Waals surface area contributed by atoms with Gasteiger partial charge in [-0.1, -0.05) is 12.5 Å². The molecule has 33 heavy (non-hydrogen) atoms. The zero-order valence-electron chi connectivity index (χ0n) is 19.5. The van der Waals surface area contributed by atoms with Crippen molar-refractivity contribution in [1.82, 2.24) is 20.1 Å². The van der Waals surface area contributed by atoms with Crippen molar-refractivity contribution in [3.8, 4) is 28.1 Å². The number of benzene rings is 1. The summed E-state index contributed by atoms with van der Waals surface area (Å²) in [6, 6.07) is 14.5. The monoisotopic (exact) mass is 445 g/mol. The maximum absolute atomic E-state index is 12.1. The lowest BCUT2D eigenvalue weighted by Gasteiger charge is -2.43. The third kappa shape index (κ3) is 4.25. The van der Waals surface area contributed by atoms with E-state index in [1.54, 1.807) is 23.7 Å². The Morgan fingerprint density at radius 3 is 2.42 bits per heavy atom. The van der Waals surface area contributed by atoms with Crippen LogP contribution in [0.4, 0.5) is 5.82 Å². The zero-order chi connectivity index (χ0) is 23.1. The van der Waals surface area contributed by atoms with Gasteiger partial charge in [0, 0.05) is 49.5 Å². The van der Waals surface area contributed by atoms with E-state index in [9.17, 15) is 9.90 Å². The number of phenols is 1. The van der Waals surface area contributed by atoms with Crippen LogP contribution in [-0.4, -0.2) is 45.0 Å². The van der Waals surface area contributed by atoms with Crippen molar-refractivity contribution in [1.29, 1.82) is 0 Å². The molecule has 0 amide bonds. The summed E-state index contributed by atoms with van der Waals surface area (Å²) in [5, 5.41) is 23.3. The Kier molecular flexibility index (Phi) is 5.66. The van der Waals surface area contributed by atoms with Crippen LogP contribution >= 0.6 is 0 Å². The third-order valence-corrected chi connectivity index (χ3v) is 7.36. The Hall–Kier alpha value is -3.19. The molecule has 172 valence electrons. The Balaban J connectivity index is 1.35. The second kappa shape index (κ2) is 8.63. The van der Waals surface area contributed by atoms with Crippen LogP contribution < -0.4 is 15.8 Å². The van der Waals surface area contributed by atoms with Gasteiger partial charge in [0.25, 0.3) is 5.56 Å². The van der Waals surface area contributed by atoms with Gasteiger partial charge in [0.05, 0.1) is 5.69 Å². The van der Waals surface area contributed by atoms with Gasteiger partial charge in [-0.15, -0.1) is 10.2 Å². The summed E-state index contributed by atoms with van der Waals surface area (Å²) in [6.45, 7) is 1.89. The first-order valence-electron chi connectivity index (χ1n) is 11.7. The molecule has 2 fully saturated rings. The number of nitrogens with one attached hydrogen (secondary N) is 1. The molecule has 5 rings (SSSR count). The zero-order valence-corrected chi connectivity index (χ0v) is 19.5. The number of anilines is 1. The van der Waals surface area contributed by atoms with E-state index in [2.05, 4.69) is 27.5 Å². The molecule has 2 aliphatic rings. The fourth-order valence-electron chi connectivity index (χ4n) is 5.26. The van der Waals surface area contributed by atoms with E-state index in [-0.39, 0.29) is 11.3 Å². The number of hydrogen-bond acceptors (Lipinski definition) is 6. The minimum atomic E-state index is -0.0727. The van der Waals surface area contributed by atoms with Crippen LogP contribution in [0, 0.1) is 6.92 Å². The number of phenolic OH excluding ortho intramolecular Hbond substituents is 1. The first-order valence-corrected chi connectivity index (χ1v) is 11.7. The molecule has 0 saturated carbocycles. The first kappa shape index (κ1) is 21.6. The Labute approximate surface area is 194 Å². The molecule has 2 saturated heterocycles. The van der Waals surface area contributed by atoms with Crippen LogP contribution in [0.5, 0.6) is 5.75 Å². The van der Waals surface area contributed by atoms with Gasteiger partial charge in [-0.25, -0.2) is 0 Å². The van der Waals surface area contributed by atoms with Gasteiger partial charge in [-0.3, -0.25) is 4.79 Å². The lowest BCUT2D eigenvalue weighted by Crippen LogP contribution is -2.54. The normalized spacial score (nSPS) is 22.2. The topological polar surface area (TPSA) is 83.3 Å². The molecule has 7 heteroatoms. The molecule has 7 nitrogen and oxygen atoms in total. The van der Waals surface area contributed by atoms with Crippen LogP contribution in [0.3, 0.4) is 0 Å². The minimum Gasteiger partial charge on any atom is -0.507 e. The number of nitrogens with zero attached hydrogens (tertiary/aromatic N) is 4. The highest BCUT2D eigenvalue weighted by molar-refractivity contribution is 5.74. The number of hydrogen-bond donors (Lipinski definition) is 2. The molecular weight excluding hydrogens is 414 g/mol. The second-order valence-corrected chi connectivity index (χ2v) is 9.52. The summed E-state index contributed by atoms with van der Waals surface area (Å²) in [5.41, 5.74) is 3.61. The SMILES string of the molecule is Cc1cc(-c2ccc(-c3ccc(N(C)C4C[C@H]5CCC[C@@H](C4)N5)nn3)c(O)c2)cc(=O)n1C. The minimum absolute atomic E-state index is 0.0727.